The first-order valence-electron chi connectivity index (χ1n) is 3.79. The van der Waals surface area contributed by atoms with Gasteiger partial charge in [0.1, 0.15) is 11.6 Å². The van der Waals surface area contributed by atoms with Gasteiger partial charge in [0, 0.05) is 6.07 Å². The van der Waals surface area contributed by atoms with Gasteiger partial charge in [-0.1, -0.05) is 6.07 Å². The summed E-state index contributed by atoms with van der Waals surface area (Å²) in [6, 6.07) is 2.40. The molecular formula is C9H11F2N. The monoisotopic (exact) mass is 171 g/mol. The third-order valence-electron chi connectivity index (χ3n) is 1.74. The number of benzene rings is 1. The van der Waals surface area contributed by atoms with Crippen molar-refractivity contribution in [3.05, 3.63) is 34.9 Å². The van der Waals surface area contributed by atoms with E-state index in [4.69, 9.17) is 5.73 Å². The molecule has 0 aliphatic rings. The smallest absolute Gasteiger partial charge is 0.129 e. The van der Waals surface area contributed by atoms with Crippen LogP contribution < -0.4 is 5.73 Å². The molecule has 0 aliphatic carbocycles. The van der Waals surface area contributed by atoms with Crippen LogP contribution in [-0.4, -0.2) is 6.54 Å². The van der Waals surface area contributed by atoms with Gasteiger partial charge in [-0.25, -0.2) is 8.78 Å². The van der Waals surface area contributed by atoms with E-state index in [0.29, 0.717) is 24.1 Å². The number of rotatable bonds is 2. The molecule has 0 saturated heterocycles. The van der Waals surface area contributed by atoms with Gasteiger partial charge in [0.15, 0.2) is 0 Å². The fraction of sp³-hybridized carbons (Fsp3) is 0.333. The van der Waals surface area contributed by atoms with Crippen molar-refractivity contribution in [2.24, 2.45) is 5.73 Å². The van der Waals surface area contributed by atoms with E-state index in [1.165, 1.54) is 6.07 Å². The Bertz CT molecular complexity index is 284. The molecule has 0 atom stereocenters. The van der Waals surface area contributed by atoms with Gasteiger partial charge in [0.2, 0.25) is 0 Å². The summed E-state index contributed by atoms with van der Waals surface area (Å²) in [5.74, 6) is -1.02. The quantitative estimate of drug-likeness (QED) is 0.721. The highest BCUT2D eigenvalue weighted by Gasteiger charge is 2.05. The lowest BCUT2D eigenvalue weighted by atomic mass is 10.1. The Kier molecular flexibility index (Phi) is 2.76. The summed E-state index contributed by atoms with van der Waals surface area (Å²) in [6.07, 6.45) is 0.451. The fourth-order valence-corrected chi connectivity index (χ4v) is 1.06. The van der Waals surface area contributed by atoms with Crippen LogP contribution in [0.15, 0.2) is 12.1 Å². The summed E-state index contributed by atoms with van der Waals surface area (Å²) >= 11 is 0. The molecule has 0 bridgehead atoms. The molecular weight excluding hydrogens is 160 g/mol. The summed E-state index contributed by atoms with van der Waals surface area (Å²) in [6.45, 7) is 1.98. The van der Waals surface area contributed by atoms with Gasteiger partial charge in [-0.2, -0.15) is 0 Å². The molecule has 0 amide bonds. The van der Waals surface area contributed by atoms with E-state index in [1.807, 2.05) is 0 Å². The molecule has 0 saturated carbocycles. The van der Waals surface area contributed by atoms with Gasteiger partial charge >= 0.3 is 0 Å². The summed E-state index contributed by atoms with van der Waals surface area (Å²) in [5, 5.41) is 0. The average Bonchev–Trinajstić information content (AvgIpc) is 2.01. The molecule has 12 heavy (non-hydrogen) atoms. The number of nitrogens with two attached hydrogens (primary N) is 1. The third-order valence-corrected chi connectivity index (χ3v) is 1.74. The molecule has 3 heteroatoms. The van der Waals surface area contributed by atoms with Crippen molar-refractivity contribution in [3.63, 3.8) is 0 Å². The van der Waals surface area contributed by atoms with Gasteiger partial charge in [0.05, 0.1) is 0 Å². The molecule has 0 fully saturated rings. The molecule has 1 rings (SSSR count). The molecule has 0 unspecified atom stereocenters. The molecule has 0 heterocycles. The number of hydrogen-bond acceptors (Lipinski definition) is 1. The van der Waals surface area contributed by atoms with Gasteiger partial charge in [0.25, 0.3) is 0 Å². The largest absolute Gasteiger partial charge is 0.330 e. The zero-order valence-corrected chi connectivity index (χ0v) is 6.90. The van der Waals surface area contributed by atoms with Gasteiger partial charge in [-0.3, -0.25) is 0 Å². The molecule has 1 aromatic rings. The van der Waals surface area contributed by atoms with Crippen LogP contribution in [0.1, 0.15) is 11.1 Å². The Balaban J connectivity index is 3.05. The number of aryl methyl sites for hydroxylation is 1. The predicted molar refractivity (Wildman–Crippen MR) is 43.9 cm³/mol. The molecule has 0 aromatic heterocycles. The van der Waals surface area contributed by atoms with Crippen molar-refractivity contribution in [2.75, 3.05) is 6.54 Å². The van der Waals surface area contributed by atoms with E-state index >= 15 is 0 Å². The third kappa shape index (κ3) is 1.80. The predicted octanol–water partition coefficient (Wildman–Crippen LogP) is 1.77. The maximum Gasteiger partial charge on any atom is 0.129 e. The molecule has 1 aromatic carbocycles. The van der Waals surface area contributed by atoms with Crippen LogP contribution in [-0.2, 0) is 6.42 Å². The van der Waals surface area contributed by atoms with Crippen molar-refractivity contribution in [3.8, 4) is 0 Å². The van der Waals surface area contributed by atoms with Crippen LogP contribution >= 0.6 is 0 Å². The zero-order valence-electron chi connectivity index (χ0n) is 6.90. The first-order chi connectivity index (χ1) is 5.65. The summed E-state index contributed by atoms with van der Waals surface area (Å²) in [5.41, 5.74) is 6.20. The van der Waals surface area contributed by atoms with E-state index in [-0.39, 0.29) is 0 Å². The maximum absolute atomic E-state index is 12.9. The van der Waals surface area contributed by atoms with Gasteiger partial charge in [-0.15, -0.1) is 0 Å². The summed E-state index contributed by atoms with van der Waals surface area (Å²) < 4.78 is 25.7. The number of halogens is 2. The zero-order chi connectivity index (χ0) is 9.14. The lowest BCUT2D eigenvalue weighted by Gasteiger charge is -2.03. The van der Waals surface area contributed by atoms with Crippen molar-refractivity contribution >= 4 is 0 Å². The molecule has 66 valence electrons. The Morgan fingerprint density at radius 2 is 1.92 bits per heavy atom. The van der Waals surface area contributed by atoms with Gasteiger partial charge in [-0.05, 0) is 31.0 Å². The first kappa shape index (κ1) is 9.13. The van der Waals surface area contributed by atoms with Crippen molar-refractivity contribution in [2.45, 2.75) is 13.3 Å². The highest BCUT2D eigenvalue weighted by atomic mass is 19.1. The van der Waals surface area contributed by atoms with Crippen LogP contribution in [0.25, 0.3) is 0 Å². The Labute approximate surface area is 70.2 Å². The average molecular weight is 171 g/mol. The van der Waals surface area contributed by atoms with E-state index in [0.717, 1.165) is 6.07 Å². The van der Waals surface area contributed by atoms with Crippen LogP contribution in [0.4, 0.5) is 8.78 Å². The second kappa shape index (κ2) is 3.63. The van der Waals surface area contributed by atoms with Crippen molar-refractivity contribution < 1.29 is 8.78 Å². The standard InChI is InChI=1S/C9H11F2N/c1-6-4-7(2-3-12)9(11)5-8(6)10/h4-5H,2-3,12H2,1H3. The minimum atomic E-state index is -0.511. The summed E-state index contributed by atoms with van der Waals surface area (Å²) in [4.78, 5) is 0. The van der Waals surface area contributed by atoms with Crippen LogP contribution in [0.2, 0.25) is 0 Å². The van der Waals surface area contributed by atoms with Crippen LogP contribution in [0.3, 0.4) is 0 Å². The maximum atomic E-state index is 12.9. The van der Waals surface area contributed by atoms with E-state index in [9.17, 15) is 8.78 Å². The van der Waals surface area contributed by atoms with Gasteiger partial charge < -0.3 is 5.73 Å². The minimum absolute atomic E-state index is 0.377. The summed E-state index contributed by atoms with van der Waals surface area (Å²) in [7, 11) is 0. The highest BCUT2D eigenvalue weighted by Crippen LogP contribution is 2.13. The first-order valence-corrected chi connectivity index (χ1v) is 3.79. The Morgan fingerprint density at radius 1 is 1.25 bits per heavy atom. The second-order valence-electron chi connectivity index (χ2n) is 2.73. The number of hydrogen-bond donors (Lipinski definition) is 1. The molecule has 2 N–H and O–H groups in total. The van der Waals surface area contributed by atoms with E-state index < -0.39 is 11.6 Å². The van der Waals surface area contributed by atoms with Crippen LogP contribution in [0.5, 0.6) is 0 Å². The highest BCUT2D eigenvalue weighted by molar-refractivity contribution is 5.25. The second-order valence-corrected chi connectivity index (χ2v) is 2.73. The Hall–Kier alpha value is -0.960. The lowest BCUT2D eigenvalue weighted by molar-refractivity contribution is 0.566. The lowest BCUT2D eigenvalue weighted by Crippen LogP contribution is -2.05. The van der Waals surface area contributed by atoms with Crippen LogP contribution in [0, 0.1) is 18.6 Å². The SMILES string of the molecule is Cc1cc(CCN)c(F)cc1F. The Morgan fingerprint density at radius 3 is 2.50 bits per heavy atom. The molecule has 0 aliphatic heterocycles. The van der Waals surface area contributed by atoms with Crippen molar-refractivity contribution in [1.82, 2.24) is 0 Å². The normalized spacial score (nSPS) is 10.3. The minimum Gasteiger partial charge on any atom is -0.330 e. The fourth-order valence-electron chi connectivity index (χ4n) is 1.06. The topological polar surface area (TPSA) is 26.0 Å². The van der Waals surface area contributed by atoms with Crippen molar-refractivity contribution in [1.29, 1.82) is 0 Å². The molecule has 0 spiro atoms. The van der Waals surface area contributed by atoms with E-state index in [2.05, 4.69) is 0 Å². The van der Waals surface area contributed by atoms with E-state index in [1.54, 1.807) is 6.92 Å². The molecule has 0 radical (unpaired) electrons. The molecule has 1 nitrogen and oxygen atoms in total.